The van der Waals surface area contributed by atoms with Crippen LogP contribution in [0, 0.1) is 0 Å². The smallest absolute Gasteiger partial charge is 0.305 e. The molecule has 0 bridgehead atoms. The van der Waals surface area contributed by atoms with Gasteiger partial charge in [0, 0.05) is 12.8 Å². The van der Waals surface area contributed by atoms with Crippen molar-refractivity contribution in [2.24, 2.45) is 0 Å². The van der Waals surface area contributed by atoms with Gasteiger partial charge in [0.1, 0.15) is 0 Å². The van der Waals surface area contributed by atoms with E-state index in [1.807, 2.05) is 0 Å². The highest BCUT2D eigenvalue weighted by Gasteiger charge is 2.20. The summed E-state index contributed by atoms with van der Waals surface area (Å²) in [6.07, 6.45) is 61.1. The predicted octanol–water partition coefficient (Wildman–Crippen LogP) is 15.5. The zero-order valence-corrected chi connectivity index (χ0v) is 39.7. The topological polar surface area (TPSA) is 95.9 Å². The van der Waals surface area contributed by atoms with Crippen molar-refractivity contribution in [3.8, 4) is 0 Å². The lowest BCUT2D eigenvalue weighted by Crippen LogP contribution is -2.45. The van der Waals surface area contributed by atoms with Crippen molar-refractivity contribution in [2.75, 3.05) is 13.2 Å². The first-order chi connectivity index (χ1) is 29.5. The van der Waals surface area contributed by atoms with Gasteiger partial charge in [0.05, 0.1) is 25.4 Å². The molecule has 0 spiro atoms. The maximum Gasteiger partial charge on any atom is 0.305 e. The fourth-order valence-electron chi connectivity index (χ4n) is 7.63. The number of aliphatic hydroxyl groups excluding tert-OH is 2. The lowest BCUT2D eigenvalue weighted by Gasteiger charge is -2.22. The van der Waals surface area contributed by atoms with Crippen LogP contribution in [0.5, 0.6) is 0 Å². The molecular weight excluding hydrogens is 743 g/mol. The highest BCUT2D eigenvalue weighted by molar-refractivity contribution is 5.76. The molecule has 0 aromatic heterocycles. The van der Waals surface area contributed by atoms with Crippen LogP contribution in [0.25, 0.3) is 0 Å². The molecule has 0 aromatic rings. The predicted molar refractivity (Wildman–Crippen MR) is 259 cm³/mol. The number of amides is 1. The molecule has 0 aliphatic heterocycles. The molecule has 1 amide bonds. The van der Waals surface area contributed by atoms with Crippen LogP contribution in [0.4, 0.5) is 0 Å². The van der Waals surface area contributed by atoms with Crippen LogP contribution in [-0.2, 0) is 14.3 Å². The Morgan fingerprint density at radius 3 is 1.33 bits per heavy atom. The molecule has 60 heavy (non-hydrogen) atoms. The number of hydrogen-bond donors (Lipinski definition) is 3. The van der Waals surface area contributed by atoms with Gasteiger partial charge in [0.25, 0.3) is 0 Å². The van der Waals surface area contributed by atoms with Gasteiger partial charge >= 0.3 is 5.97 Å². The number of nitrogens with one attached hydrogen (secondary N) is 1. The average molecular weight is 842 g/mol. The van der Waals surface area contributed by atoms with Crippen molar-refractivity contribution >= 4 is 11.9 Å². The van der Waals surface area contributed by atoms with Gasteiger partial charge in [-0.1, -0.05) is 223 Å². The Hall–Kier alpha value is -2.18. The summed E-state index contributed by atoms with van der Waals surface area (Å²) < 4.78 is 5.39. The molecule has 0 aliphatic rings. The van der Waals surface area contributed by atoms with E-state index in [4.69, 9.17) is 4.74 Å². The molecule has 0 radical (unpaired) electrons. The van der Waals surface area contributed by atoms with Crippen LogP contribution in [0.3, 0.4) is 0 Å². The van der Waals surface area contributed by atoms with Crippen LogP contribution in [-0.4, -0.2) is 47.4 Å². The molecule has 0 saturated heterocycles. The Morgan fingerprint density at radius 2 is 0.867 bits per heavy atom. The fraction of sp³-hybridized carbons (Fsp3) is 0.815. The number of unbranched alkanes of at least 4 members (excludes halogenated alkanes) is 28. The highest BCUT2D eigenvalue weighted by Crippen LogP contribution is 2.16. The van der Waals surface area contributed by atoms with Crippen molar-refractivity contribution in [3.63, 3.8) is 0 Å². The fourth-order valence-corrected chi connectivity index (χ4v) is 7.63. The summed E-state index contributed by atoms with van der Waals surface area (Å²) in [6, 6.07) is -0.544. The summed E-state index contributed by atoms with van der Waals surface area (Å²) in [5.41, 5.74) is 0. The van der Waals surface area contributed by atoms with Crippen LogP contribution in [0.15, 0.2) is 48.6 Å². The van der Waals surface area contributed by atoms with Crippen LogP contribution in [0.1, 0.15) is 258 Å². The second kappa shape index (κ2) is 49.5. The zero-order valence-electron chi connectivity index (χ0n) is 39.7. The number of ether oxygens (including phenoxy) is 1. The van der Waals surface area contributed by atoms with Crippen molar-refractivity contribution in [3.05, 3.63) is 48.6 Å². The largest absolute Gasteiger partial charge is 0.465 e. The number of carbonyl (C=O) groups excluding carboxylic acids is 2. The molecule has 0 rings (SSSR count). The van der Waals surface area contributed by atoms with Crippen LogP contribution in [0.2, 0.25) is 0 Å². The van der Waals surface area contributed by atoms with E-state index in [1.54, 1.807) is 0 Å². The third-order valence-corrected chi connectivity index (χ3v) is 11.6. The Kier molecular flexibility index (Phi) is 47.7. The average Bonchev–Trinajstić information content (AvgIpc) is 3.25. The maximum atomic E-state index is 12.4. The third kappa shape index (κ3) is 45.3. The summed E-state index contributed by atoms with van der Waals surface area (Å²) >= 11 is 0. The molecule has 0 aliphatic carbocycles. The molecule has 3 N–H and O–H groups in total. The number of hydrogen-bond acceptors (Lipinski definition) is 5. The first-order valence-corrected chi connectivity index (χ1v) is 25.9. The maximum absolute atomic E-state index is 12.4. The Labute approximate surface area is 372 Å². The molecule has 2 atom stereocenters. The molecular formula is C54H99NO5. The van der Waals surface area contributed by atoms with Crippen molar-refractivity contribution in [1.82, 2.24) is 5.32 Å². The van der Waals surface area contributed by atoms with Crippen LogP contribution >= 0.6 is 0 Å². The van der Waals surface area contributed by atoms with Gasteiger partial charge in [-0.05, 0) is 70.6 Å². The van der Waals surface area contributed by atoms with Gasteiger partial charge in [0.2, 0.25) is 5.91 Å². The molecule has 0 saturated carbocycles. The SMILES string of the molecule is CCC/C=C\C/C=C\CCCCCCCC(=O)OCC/C=C\C/C=C\CCCCCCCCCCCCCCCCC(=O)NC(CO)C(O)CCCCCCCCCCC. The number of esters is 1. The van der Waals surface area contributed by atoms with Gasteiger partial charge in [-0.2, -0.15) is 0 Å². The summed E-state index contributed by atoms with van der Waals surface area (Å²) in [4.78, 5) is 24.3. The van der Waals surface area contributed by atoms with Gasteiger partial charge < -0.3 is 20.3 Å². The molecule has 2 unspecified atom stereocenters. The van der Waals surface area contributed by atoms with Gasteiger partial charge in [-0.15, -0.1) is 0 Å². The minimum Gasteiger partial charge on any atom is -0.465 e. The van der Waals surface area contributed by atoms with E-state index < -0.39 is 12.1 Å². The number of rotatable bonds is 47. The molecule has 6 nitrogen and oxygen atoms in total. The van der Waals surface area contributed by atoms with Gasteiger partial charge in [0.15, 0.2) is 0 Å². The second-order valence-electron chi connectivity index (χ2n) is 17.5. The van der Waals surface area contributed by atoms with E-state index >= 15 is 0 Å². The van der Waals surface area contributed by atoms with Gasteiger partial charge in [-0.3, -0.25) is 9.59 Å². The third-order valence-electron chi connectivity index (χ3n) is 11.6. The Morgan fingerprint density at radius 1 is 0.467 bits per heavy atom. The lowest BCUT2D eigenvalue weighted by molar-refractivity contribution is -0.143. The lowest BCUT2D eigenvalue weighted by atomic mass is 10.0. The van der Waals surface area contributed by atoms with E-state index in [0.717, 1.165) is 64.2 Å². The van der Waals surface area contributed by atoms with E-state index in [-0.39, 0.29) is 18.5 Å². The highest BCUT2D eigenvalue weighted by atomic mass is 16.5. The van der Waals surface area contributed by atoms with Crippen LogP contribution < -0.4 is 5.32 Å². The summed E-state index contributed by atoms with van der Waals surface area (Å²) in [5, 5.41) is 23.1. The monoisotopic (exact) mass is 842 g/mol. The summed E-state index contributed by atoms with van der Waals surface area (Å²) in [6.45, 7) is 4.74. The quantitative estimate of drug-likeness (QED) is 0.0322. The standard InChI is InChI=1S/C54H99NO5/c1-3-5-7-9-11-13-14-24-28-32-36-40-44-48-54(59)60-49-45-41-37-33-29-26-23-21-19-17-15-16-18-20-22-25-27-31-35-39-43-47-53(58)55-51(50-56)52(57)46-42-38-34-30-12-10-8-6-4-2/h7,9,13-14,26,29,37,41,51-52,56-57H,3-6,8,10-12,15-25,27-28,30-36,38-40,42-50H2,1-2H3,(H,55,58)/b9-7-,14-13-,29-26-,41-37-. The minimum absolute atomic E-state index is 0.0437. The normalized spacial score (nSPS) is 13.1. The van der Waals surface area contributed by atoms with Crippen molar-refractivity contribution in [2.45, 2.75) is 270 Å². The Balaban J connectivity index is 3.45. The molecule has 6 heteroatoms. The van der Waals surface area contributed by atoms with E-state index in [0.29, 0.717) is 25.9 Å². The summed E-state index contributed by atoms with van der Waals surface area (Å²) in [5.74, 6) is -0.0953. The number of carbonyl (C=O) groups is 2. The second-order valence-corrected chi connectivity index (χ2v) is 17.5. The van der Waals surface area contributed by atoms with E-state index in [2.05, 4.69) is 67.8 Å². The van der Waals surface area contributed by atoms with E-state index in [9.17, 15) is 19.8 Å². The zero-order chi connectivity index (χ0) is 43.7. The minimum atomic E-state index is -0.666. The van der Waals surface area contributed by atoms with E-state index in [1.165, 1.54) is 161 Å². The number of allylic oxidation sites excluding steroid dienone is 7. The van der Waals surface area contributed by atoms with Crippen molar-refractivity contribution < 1.29 is 24.5 Å². The molecule has 350 valence electrons. The molecule has 0 fully saturated rings. The first-order valence-electron chi connectivity index (χ1n) is 25.9. The Bertz CT molecular complexity index is 1020. The first kappa shape index (κ1) is 57.8. The van der Waals surface area contributed by atoms with Gasteiger partial charge in [-0.25, -0.2) is 0 Å². The summed E-state index contributed by atoms with van der Waals surface area (Å²) in [7, 11) is 0. The number of aliphatic hydroxyl groups is 2. The molecule has 0 heterocycles. The molecule has 0 aromatic carbocycles. The van der Waals surface area contributed by atoms with Crippen molar-refractivity contribution in [1.29, 1.82) is 0 Å².